The van der Waals surface area contributed by atoms with Gasteiger partial charge in [-0.15, -0.1) is 0 Å². The second-order valence-corrected chi connectivity index (χ2v) is 12.6. The van der Waals surface area contributed by atoms with Gasteiger partial charge >= 0.3 is 0 Å². The second-order valence-electron chi connectivity index (χ2n) is 7.23. The van der Waals surface area contributed by atoms with Crippen molar-refractivity contribution in [2.75, 3.05) is 13.6 Å². The van der Waals surface area contributed by atoms with Crippen LogP contribution in [0.2, 0.25) is 18.6 Å². The van der Waals surface area contributed by atoms with E-state index in [0.29, 0.717) is 0 Å². The smallest absolute Gasteiger partial charge is 0.0558 e. The molecule has 0 saturated heterocycles. The number of benzene rings is 2. The van der Waals surface area contributed by atoms with Gasteiger partial charge in [-0.1, -0.05) is 86.2 Å². The zero-order chi connectivity index (χ0) is 16.0. The minimum absolute atomic E-state index is 0.779. The van der Waals surface area contributed by atoms with Crippen LogP contribution in [0.15, 0.2) is 60.7 Å². The molecule has 1 nitrogen and oxygen atoms in total. The Kier molecular flexibility index (Phi) is 5.98. The van der Waals surface area contributed by atoms with Crippen LogP contribution in [0.3, 0.4) is 0 Å². The number of nitrogens with zero attached hydrogens (tertiary/aromatic N) is 1. The lowest BCUT2D eigenvalue weighted by atomic mass is 10.2. The van der Waals surface area contributed by atoms with Crippen molar-refractivity contribution >= 4 is 8.07 Å². The van der Waals surface area contributed by atoms with Crippen LogP contribution in [-0.4, -0.2) is 26.6 Å². The molecule has 0 N–H and O–H groups in total. The molecule has 2 aromatic carbocycles. The van der Waals surface area contributed by atoms with E-state index in [2.05, 4.69) is 92.6 Å². The molecule has 0 fully saturated rings. The highest BCUT2D eigenvalue weighted by molar-refractivity contribution is 6.78. The summed E-state index contributed by atoms with van der Waals surface area (Å²) in [7, 11) is 0.977. The number of hydrogen-bond donors (Lipinski definition) is 0. The Morgan fingerprint density at radius 3 is 1.91 bits per heavy atom. The maximum atomic E-state index is 2.53. The SMILES string of the molecule is C[C@H](CN(C)Cc1ccccc1)[Si](C)(C)Cc1ccccc1. The Labute approximate surface area is 137 Å². The fourth-order valence-corrected chi connectivity index (χ4v) is 5.41. The van der Waals surface area contributed by atoms with Crippen molar-refractivity contribution < 1.29 is 0 Å². The fraction of sp³-hybridized carbons (Fsp3) is 0.400. The van der Waals surface area contributed by atoms with Gasteiger partial charge in [0.15, 0.2) is 0 Å². The van der Waals surface area contributed by atoms with Crippen LogP contribution in [0.5, 0.6) is 0 Å². The molecule has 0 aliphatic heterocycles. The van der Waals surface area contributed by atoms with Crippen LogP contribution in [0.4, 0.5) is 0 Å². The summed E-state index contributed by atoms with van der Waals surface area (Å²) >= 11 is 0. The van der Waals surface area contributed by atoms with Crippen molar-refractivity contribution in [1.29, 1.82) is 0 Å². The van der Waals surface area contributed by atoms with E-state index in [1.54, 1.807) is 0 Å². The molecular weight excluding hydrogens is 282 g/mol. The Morgan fingerprint density at radius 1 is 0.864 bits per heavy atom. The van der Waals surface area contributed by atoms with E-state index >= 15 is 0 Å². The Balaban J connectivity index is 1.91. The van der Waals surface area contributed by atoms with Gasteiger partial charge in [-0.25, -0.2) is 0 Å². The van der Waals surface area contributed by atoms with Gasteiger partial charge in [0.1, 0.15) is 0 Å². The molecule has 0 saturated carbocycles. The van der Waals surface area contributed by atoms with Gasteiger partial charge in [-0.2, -0.15) is 0 Å². The van der Waals surface area contributed by atoms with Crippen molar-refractivity contribution in [3.63, 3.8) is 0 Å². The molecule has 0 spiro atoms. The van der Waals surface area contributed by atoms with E-state index in [-0.39, 0.29) is 0 Å². The average Bonchev–Trinajstić information content (AvgIpc) is 2.48. The Hall–Kier alpha value is -1.38. The van der Waals surface area contributed by atoms with Crippen LogP contribution in [0.1, 0.15) is 18.1 Å². The predicted octanol–water partition coefficient (Wildman–Crippen LogP) is 5.00. The first-order valence-electron chi connectivity index (χ1n) is 8.24. The number of rotatable bonds is 7. The molecule has 0 unspecified atom stereocenters. The third-order valence-corrected chi connectivity index (χ3v) is 8.89. The predicted molar refractivity (Wildman–Crippen MR) is 99.8 cm³/mol. The average molecular weight is 312 g/mol. The van der Waals surface area contributed by atoms with Crippen molar-refractivity contribution in [3.05, 3.63) is 71.8 Å². The van der Waals surface area contributed by atoms with E-state index in [9.17, 15) is 0 Å². The van der Waals surface area contributed by atoms with Gasteiger partial charge in [0.25, 0.3) is 0 Å². The van der Waals surface area contributed by atoms with Crippen LogP contribution < -0.4 is 0 Å². The third kappa shape index (κ3) is 5.11. The molecule has 2 heteroatoms. The second kappa shape index (κ2) is 7.75. The Bertz CT molecular complexity index is 550. The highest BCUT2D eigenvalue weighted by Crippen LogP contribution is 2.26. The van der Waals surface area contributed by atoms with Crippen LogP contribution in [-0.2, 0) is 12.6 Å². The van der Waals surface area contributed by atoms with Gasteiger partial charge < -0.3 is 4.90 Å². The van der Waals surface area contributed by atoms with E-state index in [4.69, 9.17) is 0 Å². The summed E-state index contributed by atoms with van der Waals surface area (Å²) in [5, 5.41) is 0. The zero-order valence-electron chi connectivity index (χ0n) is 14.4. The molecule has 0 aromatic heterocycles. The first-order valence-corrected chi connectivity index (χ1v) is 11.5. The summed E-state index contributed by atoms with van der Waals surface area (Å²) in [6.45, 7) is 9.72. The zero-order valence-corrected chi connectivity index (χ0v) is 15.4. The van der Waals surface area contributed by atoms with Crippen molar-refractivity contribution in [2.45, 2.75) is 38.1 Å². The molecule has 22 heavy (non-hydrogen) atoms. The van der Waals surface area contributed by atoms with Gasteiger partial charge in [0, 0.05) is 6.54 Å². The first kappa shape index (κ1) is 17.0. The molecule has 1 atom stereocenters. The lowest BCUT2D eigenvalue weighted by molar-refractivity contribution is 0.324. The molecule has 0 radical (unpaired) electrons. The first-order chi connectivity index (χ1) is 10.5. The summed E-state index contributed by atoms with van der Waals surface area (Å²) in [5.41, 5.74) is 3.68. The van der Waals surface area contributed by atoms with Crippen molar-refractivity contribution in [2.24, 2.45) is 0 Å². The van der Waals surface area contributed by atoms with Crippen molar-refractivity contribution in [3.8, 4) is 0 Å². The summed E-state index contributed by atoms with van der Waals surface area (Å²) in [6.07, 6.45) is 0. The van der Waals surface area contributed by atoms with E-state index in [1.165, 1.54) is 23.7 Å². The van der Waals surface area contributed by atoms with E-state index in [1.807, 2.05) is 0 Å². The topological polar surface area (TPSA) is 3.24 Å². The van der Waals surface area contributed by atoms with Gasteiger partial charge in [-0.3, -0.25) is 0 Å². The maximum Gasteiger partial charge on any atom is 0.0558 e. The van der Waals surface area contributed by atoms with Crippen LogP contribution in [0, 0.1) is 0 Å². The minimum Gasteiger partial charge on any atom is -0.302 e. The third-order valence-electron chi connectivity index (χ3n) is 4.72. The molecule has 0 aliphatic carbocycles. The summed E-state index contributed by atoms with van der Waals surface area (Å²) in [6, 6.07) is 23.0. The summed E-state index contributed by atoms with van der Waals surface area (Å²) < 4.78 is 0. The highest BCUT2D eigenvalue weighted by Gasteiger charge is 2.29. The fourth-order valence-electron chi connectivity index (χ4n) is 2.97. The van der Waals surface area contributed by atoms with Gasteiger partial charge in [0.05, 0.1) is 8.07 Å². The van der Waals surface area contributed by atoms with Gasteiger partial charge in [0.2, 0.25) is 0 Å². The summed E-state index contributed by atoms with van der Waals surface area (Å²) in [5.74, 6) is 0. The lowest BCUT2D eigenvalue weighted by Gasteiger charge is -2.33. The lowest BCUT2D eigenvalue weighted by Crippen LogP contribution is -2.39. The molecule has 0 bridgehead atoms. The minimum atomic E-state index is -1.27. The monoisotopic (exact) mass is 311 g/mol. The van der Waals surface area contributed by atoms with E-state index in [0.717, 1.165) is 12.1 Å². The maximum absolute atomic E-state index is 2.53. The van der Waals surface area contributed by atoms with Gasteiger partial charge in [-0.05, 0) is 30.7 Å². The molecule has 0 amide bonds. The molecule has 2 rings (SSSR count). The Morgan fingerprint density at radius 2 is 1.36 bits per heavy atom. The van der Waals surface area contributed by atoms with Crippen molar-refractivity contribution in [1.82, 2.24) is 4.90 Å². The standard InChI is InChI=1S/C20H29NSi/c1-18(15-21(2)16-19-11-7-5-8-12-19)22(3,4)17-20-13-9-6-10-14-20/h5-14,18H,15-17H2,1-4H3/t18-/m1/s1. The van der Waals surface area contributed by atoms with Crippen LogP contribution in [0.25, 0.3) is 0 Å². The molecule has 118 valence electrons. The normalized spacial score (nSPS) is 13.3. The van der Waals surface area contributed by atoms with Crippen LogP contribution >= 0.6 is 0 Å². The molecule has 0 aliphatic rings. The summed E-state index contributed by atoms with van der Waals surface area (Å²) in [4.78, 5) is 2.47. The quantitative estimate of drug-likeness (QED) is 0.650. The number of hydrogen-bond acceptors (Lipinski definition) is 1. The highest BCUT2D eigenvalue weighted by atomic mass is 28.3. The molecular formula is C20H29NSi. The largest absolute Gasteiger partial charge is 0.302 e. The van der Waals surface area contributed by atoms with E-state index < -0.39 is 8.07 Å². The molecule has 2 aromatic rings. The molecule has 0 heterocycles.